The molecule has 1 rings (SSSR count). The normalized spacial score (nSPS) is 16.3. The minimum Gasteiger partial charge on any atom is -0.480 e. The van der Waals surface area contributed by atoms with Gasteiger partial charge in [0, 0.05) is 12.6 Å². The number of carboxylic acids is 1. The topological polar surface area (TPSA) is 57.6 Å². The highest BCUT2D eigenvalue weighted by Gasteiger charge is 2.24. The lowest BCUT2D eigenvalue weighted by Gasteiger charge is -2.16. The lowest BCUT2D eigenvalue weighted by Crippen LogP contribution is -2.34. The summed E-state index contributed by atoms with van der Waals surface area (Å²) in [5.74, 6) is -0.607. The Morgan fingerprint density at radius 2 is 2.07 bits per heavy atom. The monoisotopic (exact) mass is 211 g/mol. The van der Waals surface area contributed by atoms with Crippen molar-refractivity contribution in [1.82, 2.24) is 4.90 Å². The summed E-state index contributed by atoms with van der Waals surface area (Å²) in [5.41, 5.74) is 1.07. The van der Waals surface area contributed by atoms with Crippen LogP contribution in [-0.2, 0) is 9.59 Å². The number of carbonyl (C=O) groups excluding carboxylic acids is 1. The Morgan fingerprint density at radius 3 is 2.47 bits per heavy atom. The molecule has 0 aromatic rings. The number of amides is 1. The first-order chi connectivity index (χ1) is 7.04. The Kier molecular flexibility index (Phi) is 3.88. The summed E-state index contributed by atoms with van der Waals surface area (Å²) in [5, 5.41) is 8.60. The predicted molar refractivity (Wildman–Crippen MR) is 56.4 cm³/mol. The van der Waals surface area contributed by atoms with Gasteiger partial charge in [-0.3, -0.25) is 9.59 Å². The van der Waals surface area contributed by atoms with Gasteiger partial charge in [0.2, 0.25) is 5.91 Å². The first-order valence-corrected chi connectivity index (χ1v) is 5.23. The van der Waals surface area contributed by atoms with Gasteiger partial charge in [-0.25, -0.2) is 0 Å². The van der Waals surface area contributed by atoms with Gasteiger partial charge in [-0.2, -0.15) is 0 Å². The van der Waals surface area contributed by atoms with Crippen molar-refractivity contribution in [3.63, 3.8) is 0 Å². The molecule has 0 radical (unpaired) electrons. The van der Waals surface area contributed by atoms with Crippen molar-refractivity contribution in [2.75, 3.05) is 13.1 Å². The highest BCUT2D eigenvalue weighted by molar-refractivity contribution is 5.90. The van der Waals surface area contributed by atoms with Gasteiger partial charge in [-0.05, 0) is 32.6 Å². The van der Waals surface area contributed by atoms with E-state index in [0.29, 0.717) is 12.5 Å². The van der Waals surface area contributed by atoms with Gasteiger partial charge < -0.3 is 10.0 Å². The molecule has 0 heterocycles. The molecule has 0 aromatic heterocycles. The second-order valence-corrected chi connectivity index (χ2v) is 3.91. The van der Waals surface area contributed by atoms with Crippen molar-refractivity contribution >= 4 is 11.9 Å². The maximum absolute atomic E-state index is 11.6. The van der Waals surface area contributed by atoms with Crippen LogP contribution < -0.4 is 0 Å². The van der Waals surface area contributed by atoms with Crippen molar-refractivity contribution < 1.29 is 14.7 Å². The Morgan fingerprint density at radius 1 is 1.47 bits per heavy atom. The first kappa shape index (κ1) is 11.8. The van der Waals surface area contributed by atoms with Crippen LogP contribution >= 0.6 is 0 Å². The third-order valence-corrected chi connectivity index (χ3v) is 2.59. The third-order valence-electron chi connectivity index (χ3n) is 2.59. The van der Waals surface area contributed by atoms with Gasteiger partial charge in [0.25, 0.3) is 0 Å². The van der Waals surface area contributed by atoms with E-state index in [1.165, 1.54) is 4.90 Å². The third kappa shape index (κ3) is 3.73. The van der Waals surface area contributed by atoms with E-state index < -0.39 is 5.97 Å². The average molecular weight is 211 g/mol. The summed E-state index contributed by atoms with van der Waals surface area (Å²) in [4.78, 5) is 23.5. The molecule has 1 saturated carbocycles. The summed E-state index contributed by atoms with van der Waals surface area (Å²) >= 11 is 0. The molecule has 84 valence electrons. The summed E-state index contributed by atoms with van der Waals surface area (Å²) in [6.07, 6.45) is 3.88. The van der Waals surface area contributed by atoms with Crippen LogP contribution in [0.1, 0.15) is 26.7 Å². The molecule has 0 unspecified atom stereocenters. The number of aliphatic carboxylic acids is 1. The molecule has 1 N–H and O–H groups in total. The van der Waals surface area contributed by atoms with Crippen LogP contribution in [-0.4, -0.2) is 35.0 Å². The van der Waals surface area contributed by atoms with Crippen LogP contribution in [0.3, 0.4) is 0 Å². The summed E-state index contributed by atoms with van der Waals surface area (Å²) in [6.45, 7) is 3.93. The second kappa shape index (κ2) is 4.96. The molecule has 0 saturated heterocycles. The number of likely N-dealkylation sites (N-methyl/N-ethyl adjacent to an activating group) is 1. The fourth-order valence-electron chi connectivity index (χ4n) is 1.45. The Hall–Kier alpha value is -1.32. The Labute approximate surface area is 89.6 Å². The highest BCUT2D eigenvalue weighted by Crippen LogP contribution is 2.35. The predicted octanol–water partition coefficient (Wildman–Crippen LogP) is 1.28. The van der Waals surface area contributed by atoms with Crippen LogP contribution in [0.4, 0.5) is 0 Å². The molecule has 0 atom stereocenters. The molecular weight excluding hydrogens is 194 g/mol. The molecule has 1 amide bonds. The Bertz CT molecular complexity index is 292. The molecule has 1 aliphatic rings. The van der Waals surface area contributed by atoms with E-state index in [2.05, 4.69) is 0 Å². The van der Waals surface area contributed by atoms with Crippen molar-refractivity contribution in [2.24, 2.45) is 5.92 Å². The van der Waals surface area contributed by atoms with Crippen molar-refractivity contribution in [2.45, 2.75) is 26.7 Å². The van der Waals surface area contributed by atoms with Crippen LogP contribution in [0.15, 0.2) is 11.6 Å². The van der Waals surface area contributed by atoms with Crippen molar-refractivity contribution in [3.05, 3.63) is 11.6 Å². The van der Waals surface area contributed by atoms with Crippen LogP contribution in [0.5, 0.6) is 0 Å². The Balaban J connectivity index is 2.55. The van der Waals surface area contributed by atoms with Gasteiger partial charge in [0.15, 0.2) is 0 Å². The van der Waals surface area contributed by atoms with E-state index in [9.17, 15) is 9.59 Å². The van der Waals surface area contributed by atoms with Crippen LogP contribution in [0.2, 0.25) is 0 Å². The number of carboxylic acid groups (broad SMARTS) is 1. The standard InChI is InChI=1S/C11H17NO3/c1-3-12(7-11(14)15)10(13)6-8(2)9-4-5-9/h6,9H,3-5,7H2,1-2H3,(H,14,15)/b8-6-. The maximum atomic E-state index is 11.6. The van der Waals surface area contributed by atoms with Gasteiger partial charge in [0.05, 0.1) is 0 Å². The molecule has 15 heavy (non-hydrogen) atoms. The number of carbonyl (C=O) groups is 2. The molecule has 0 aliphatic heterocycles. The number of hydrogen-bond acceptors (Lipinski definition) is 2. The van der Waals surface area contributed by atoms with E-state index in [0.717, 1.165) is 18.4 Å². The molecule has 4 nitrogen and oxygen atoms in total. The van der Waals surface area contributed by atoms with Gasteiger partial charge in [-0.1, -0.05) is 5.57 Å². The lowest BCUT2D eigenvalue weighted by molar-refractivity contribution is -0.142. The molecule has 4 heteroatoms. The van der Waals surface area contributed by atoms with Crippen LogP contribution in [0, 0.1) is 5.92 Å². The van der Waals surface area contributed by atoms with Crippen LogP contribution in [0.25, 0.3) is 0 Å². The van der Waals surface area contributed by atoms with Gasteiger partial charge >= 0.3 is 5.97 Å². The molecule has 1 aliphatic carbocycles. The summed E-state index contributed by atoms with van der Waals surface area (Å²) < 4.78 is 0. The summed E-state index contributed by atoms with van der Waals surface area (Å²) in [6, 6.07) is 0. The fraction of sp³-hybridized carbons (Fsp3) is 0.636. The minimum atomic E-state index is -0.970. The molecule has 0 aromatic carbocycles. The zero-order chi connectivity index (χ0) is 11.4. The fourth-order valence-corrected chi connectivity index (χ4v) is 1.45. The molecular formula is C11H17NO3. The summed E-state index contributed by atoms with van der Waals surface area (Å²) in [7, 11) is 0. The van der Waals surface area contributed by atoms with E-state index in [-0.39, 0.29) is 12.5 Å². The number of nitrogens with zero attached hydrogens (tertiary/aromatic N) is 1. The number of allylic oxidation sites excluding steroid dienone is 1. The van der Waals surface area contributed by atoms with E-state index in [1.807, 2.05) is 6.92 Å². The van der Waals surface area contributed by atoms with E-state index in [4.69, 9.17) is 5.11 Å². The van der Waals surface area contributed by atoms with E-state index >= 15 is 0 Å². The zero-order valence-electron chi connectivity index (χ0n) is 9.19. The van der Waals surface area contributed by atoms with Gasteiger partial charge in [0.1, 0.15) is 6.54 Å². The minimum absolute atomic E-state index is 0.190. The largest absolute Gasteiger partial charge is 0.480 e. The number of hydrogen-bond donors (Lipinski definition) is 1. The quantitative estimate of drug-likeness (QED) is 0.697. The first-order valence-electron chi connectivity index (χ1n) is 5.23. The molecule has 0 spiro atoms. The average Bonchev–Trinajstić information content (AvgIpc) is 2.96. The highest BCUT2D eigenvalue weighted by atomic mass is 16.4. The maximum Gasteiger partial charge on any atom is 0.323 e. The lowest BCUT2D eigenvalue weighted by atomic mass is 10.2. The number of rotatable bonds is 5. The molecule has 1 fully saturated rings. The van der Waals surface area contributed by atoms with Crippen molar-refractivity contribution in [1.29, 1.82) is 0 Å². The van der Waals surface area contributed by atoms with Crippen molar-refractivity contribution in [3.8, 4) is 0 Å². The van der Waals surface area contributed by atoms with Gasteiger partial charge in [-0.15, -0.1) is 0 Å². The molecule has 0 bridgehead atoms. The van der Waals surface area contributed by atoms with E-state index in [1.54, 1.807) is 13.0 Å². The SMILES string of the molecule is CCN(CC(=O)O)C(=O)/C=C(/C)C1CC1. The smallest absolute Gasteiger partial charge is 0.323 e. The second-order valence-electron chi connectivity index (χ2n) is 3.91. The zero-order valence-corrected chi connectivity index (χ0v) is 9.19.